The van der Waals surface area contributed by atoms with Crippen LogP contribution < -0.4 is 5.32 Å². The van der Waals surface area contributed by atoms with Crippen molar-refractivity contribution in [1.29, 1.82) is 0 Å². The van der Waals surface area contributed by atoms with E-state index in [1.54, 1.807) is 0 Å². The second-order valence-electron chi connectivity index (χ2n) is 7.13. The van der Waals surface area contributed by atoms with Gasteiger partial charge in [0, 0.05) is 70.9 Å². The molecule has 1 unspecified atom stereocenters. The first kappa shape index (κ1) is 17.9. The molecule has 136 valence electrons. The van der Waals surface area contributed by atoms with Gasteiger partial charge < -0.3 is 10.2 Å². The Kier molecular flexibility index (Phi) is 5.69. The Morgan fingerprint density at radius 2 is 2.00 bits per heavy atom. The maximum atomic E-state index is 12.5. The number of nitrogens with one attached hydrogen (secondary N) is 1. The van der Waals surface area contributed by atoms with Gasteiger partial charge in [-0.3, -0.25) is 14.5 Å². The van der Waals surface area contributed by atoms with E-state index in [2.05, 4.69) is 26.4 Å². The van der Waals surface area contributed by atoms with Crippen LogP contribution in [-0.2, 0) is 9.59 Å². The Bertz CT molecular complexity index is 569. The molecule has 3 aliphatic heterocycles. The summed E-state index contributed by atoms with van der Waals surface area (Å²) in [5.41, 5.74) is -0.371. The molecule has 1 atom stereocenters. The summed E-state index contributed by atoms with van der Waals surface area (Å²) in [5, 5.41) is 11.1. The number of terminal acetylenes is 1. The van der Waals surface area contributed by atoms with E-state index < -0.39 is 0 Å². The maximum absolute atomic E-state index is 12.5. The first-order valence-electron chi connectivity index (χ1n) is 9.28. The molecule has 0 radical (unpaired) electrons. The third-order valence-corrected chi connectivity index (χ3v) is 5.48. The Labute approximate surface area is 149 Å². The molecule has 7 heteroatoms. The van der Waals surface area contributed by atoms with Crippen molar-refractivity contribution in [2.24, 2.45) is 10.2 Å². The minimum absolute atomic E-state index is 0.158. The predicted octanol–water partition coefficient (Wildman–Crippen LogP) is 1.16. The van der Waals surface area contributed by atoms with Crippen LogP contribution in [-0.4, -0.2) is 66.0 Å². The first-order chi connectivity index (χ1) is 12.1. The van der Waals surface area contributed by atoms with Gasteiger partial charge in [-0.15, -0.1) is 12.3 Å². The van der Waals surface area contributed by atoms with Gasteiger partial charge in [0.2, 0.25) is 11.8 Å². The molecule has 2 saturated heterocycles. The molecule has 0 bridgehead atoms. The number of nitrogens with zero attached hydrogens (tertiary/aromatic N) is 4. The van der Waals surface area contributed by atoms with Gasteiger partial charge >= 0.3 is 0 Å². The van der Waals surface area contributed by atoms with Crippen LogP contribution in [0.15, 0.2) is 10.2 Å². The van der Waals surface area contributed by atoms with Crippen LogP contribution in [0.25, 0.3) is 0 Å². The molecule has 0 spiro atoms. The minimum atomic E-state index is -0.371. The summed E-state index contributed by atoms with van der Waals surface area (Å²) in [7, 11) is 0. The molecule has 1 N–H and O–H groups in total. The second kappa shape index (κ2) is 7.96. The third-order valence-electron chi connectivity index (χ3n) is 5.48. The topological polar surface area (TPSA) is 77.4 Å². The van der Waals surface area contributed by atoms with Gasteiger partial charge in [-0.2, -0.15) is 10.2 Å². The highest BCUT2D eigenvalue weighted by Crippen LogP contribution is 2.37. The molecule has 3 aliphatic rings. The minimum Gasteiger partial charge on any atom is -0.356 e. The van der Waals surface area contributed by atoms with Crippen molar-refractivity contribution in [2.45, 2.75) is 56.7 Å². The van der Waals surface area contributed by atoms with Gasteiger partial charge in [-0.1, -0.05) is 0 Å². The number of hydrogen-bond donors (Lipinski definition) is 1. The van der Waals surface area contributed by atoms with Crippen molar-refractivity contribution >= 4 is 11.8 Å². The van der Waals surface area contributed by atoms with E-state index in [1.807, 2.05) is 4.90 Å². The van der Waals surface area contributed by atoms with Crippen LogP contribution in [0, 0.1) is 12.3 Å². The summed E-state index contributed by atoms with van der Waals surface area (Å²) in [4.78, 5) is 28.3. The van der Waals surface area contributed by atoms with E-state index >= 15 is 0 Å². The normalized spacial score (nSPS) is 25.8. The van der Waals surface area contributed by atoms with Crippen molar-refractivity contribution in [3.63, 3.8) is 0 Å². The van der Waals surface area contributed by atoms with Gasteiger partial charge in [-0.25, -0.2) is 0 Å². The standard InChI is InChI=1S/C18H27N5O2/c1-2-3-8-18(20-21-18)9-6-17(25)23-13-11-22(12-14-23)15-4-5-16(24)19-10-7-15/h1,15H,3-14H2,(H,19,24). The lowest BCUT2D eigenvalue weighted by molar-refractivity contribution is -0.133. The highest BCUT2D eigenvalue weighted by Gasteiger charge is 2.39. The molecular weight excluding hydrogens is 318 g/mol. The van der Waals surface area contributed by atoms with E-state index in [9.17, 15) is 9.59 Å². The van der Waals surface area contributed by atoms with E-state index in [1.165, 1.54) is 0 Å². The zero-order chi connectivity index (χ0) is 17.7. The molecule has 2 fully saturated rings. The Morgan fingerprint density at radius 3 is 2.68 bits per heavy atom. The molecule has 3 heterocycles. The fraction of sp³-hybridized carbons (Fsp3) is 0.778. The average molecular weight is 345 g/mol. The molecule has 2 amide bonds. The molecule has 0 aromatic carbocycles. The van der Waals surface area contributed by atoms with Crippen molar-refractivity contribution in [2.75, 3.05) is 32.7 Å². The third kappa shape index (κ3) is 4.79. The van der Waals surface area contributed by atoms with Crippen molar-refractivity contribution in [3.05, 3.63) is 0 Å². The molecule has 0 saturated carbocycles. The van der Waals surface area contributed by atoms with Crippen LogP contribution in [0.5, 0.6) is 0 Å². The van der Waals surface area contributed by atoms with Crippen LogP contribution in [0.3, 0.4) is 0 Å². The molecule has 0 aliphatic carbocycles. The van der Waals surface area contributed by atoms with Crippen molar-refractivity contribution < 1.29 is 9.59 Å². The Hall–Kier alpha value is -1.94. The van der Waals surface area contributed by atoms with Crippen molar-refractivity contribution in [3.8, 4) is 12.3 Å². The van der Waals surface area contributed by atoms with Crippen LogP contribution in [0.1, 0.15) is 44.9 Å². The lowest BCUT2D eigenvalue weighted by Gasteiger charge is -2.39. The van der Waals surface area contributed by atoms with Crippen LogP contribution in [0.4, 0.5) is 0 Å². The van der Waals surface area contributed by atoms with Gasteiger partial charge in [0.05, 0.1) is 0 Å². The number of piperazine rings is 1. The Morgan fingerprint density at radius 1 is 1.24 bits per heavy atom. The largest absolute Gasteiger partial charge is 0.356 e. The zero-order valence-electron chi connectivity index (χ0n) is 14.7. The van der Waals surface area contributed by atoms with Gasteiger partial charge in [0.25, 0.3) is 0 Å². The summed E-state index contributed by atoms with van der Waals surface area (Å²) < 4.78 is 0. The summed E-state index contributed by atoms with van der Waals surface area (Å²) in [6.07, 6.45) is 10.4. The molecule has 25 heavy (non-hydrogen) atoms. The lowest BCUT2D eigenvalue weighted by atomic mass is 10.0. The maximum Gasteiger partial charge on any atom is 0.222 e. The van der Waals surface area contributed by atoms with Crippen LogP contribution in [0.2, 0.25) is 0 Å². The fourth-order valence-electron chi connectivity index (χ4n) is 3.74. The van der Waals surface area contributed by atoms with Crippen molar-refractivity contribution in [1.82, 2.24) is 15.1 Å². The zero-order valence-corrected chi connectivity index (χ0v) is 14.7. The van der Waals surface area contributed by atoms with E-state index in [0.29, 0.717) is 31.7 Å². The number of hydrogen-bond acceptors (Lipinski definition) is 5. The predicted molar refractivity (Wildman–Crippen MR) is 93.7 cm³/mol. The molecule has 0 aromatic heterocycles. The monoisotopic (exact) mass is 345 g/mol. The number of amides is 2. The van der Waals surface area contributed by atoms with E-state index in [0.717, 1.165) is 52.0 Å². The van der Waals surface area contributed by atoms with Gasteiger partial charge in [0.15, 0.2) is 5.66 Å². The van der Waals surface area contributed by atoms with E-state index in [-0.39, 0.29) is 17.5 Å². The summed E-state index contributed by atoms with van der Waals surface area (Å²) >= 11 is 0. The number of rotatable bonds is 6. The molecule has 3 rings (SSSR count). The summed E-state index contributed by atoms with van der Waals surface area (Å²) in [6.45, 7) is 4.07. The lowest BCUT2D eigenvalue weighted by Crippen LogP contribution is -2.52. The average Bonchev–Trinajstić information content (AvgIpc) is 3.43. The van der Waals surface area contributed by atoms with Crippen LogP contribution >= 0.6 is 0 Å². The number of carbonyl (C=O) groups is 2. The highest BCUT2D eigenvalue weighted by molar-refractivity contribution is 5.76. The molecule has 7 nitrogen and oxygen atoms in total. The summed E-state index contributed by atoms with van der Waals surface area (Å²) in [6, 6.07) is 0.451. The fourth-order valence-corrected chi connectivity index (χ4v) is 3.74. The van der Waals surface area contributed by atoms with E-state index in [4.69, 9.17) is 6.42 Å². The van der Waals surface area contributed by atoms with Gasteiger partial charge in [0.1, 0.15) is 0 Å². The summed E-state index contributed by atoms with van der Waals surface area (Å²) in [5.74, 6) is 2.96. The first-order valence-corrected chi connectivity index (χ1v) is 9.28. The quantitative estimate of drug-likeness (QED) is 0.734. The smallest absolute Gasteiger partial charge is 0.222 e. The molecule has 0 aromatic rings. The Balaban J connectivity index is 1.39. The number of carbonyl (C=O) groups excluding carboxylic acids is 2. The highest BCUT2D eigenvalue weighted by atomic mass is 16.2. The molecular formula is C18H27N5O2. The second-order valence-corrected chi connectivity index (χ2v) is 7.13. The SMILES string of the molecule is C#CCCC1(CCC(=O)N2CCN(C3CCNC(=O)CC3)CC2)N=N1. The van der Waals surface area contributed by atoms with Gasteiger partial charge in [-0.05, 0) is 12.8 Å².